The van der Waals surface area contributed by atoms with Crippen molar-refractivity contribution in [1.82, 2.24) is 25.8 Å². The average molecular weight is 646 g/mol. The third-order valence-electron chi connectivity index (χ3n) is 6.04. The molecule has 1 aromatic heterocycles. The number of dihydropyridines is 1. The van der Waals surface area contributed by atoms with Crippen LogP contribution in [0, 0.1) is 17.8 Å². The topological polar surface area (TPSA) is 105 Å². The van der Waals surface area contributed by atoms with Crippen LogP contribution in [-0.2, 0) is 16.6 Å². The lowest BCUT2D eigenvalue weighted by Crippen LogP contribution is -2.36. The Balaban J connectivity index is 0.00000115. The van der Waals surface area contributed by atoms with Gasteiger partial charge in [0.05, 0.1) is 24.1 Å². The third-order valence-corrected chi connectivity index (χ3v) is 6.91. The van der Waals surface area contributed by atoms with Gasteiger partial charge in [0.25, 0.3) is 12.3 Å². The van der Waals surface area contributed by atoms with Crippen LogP contribution in [0.1, 0.15) is 79.8 Å². The molecular weight excluding hydrogens is 596 g/mol. The fourth-order valence-electron chi connectivity index (χ4n) is 3.40. The summed E-state index contributed by atoms with van der Waals surface area (Å²) in [6.45, 7) is 18.1. The summed E-state index contributed by atoms with van der Waals surface area (Å²) in [4.78, 5) is 17.9. The number of hydrogen-bond donors (Lipinski definition) is 3. The Bertz CT molecular complexity index is 1330. The highest BCUT2D eigenvalue weighted by Gasteiger charge is 2.30. The van der Waals surface area contributed by atoms with E-state index in [9.17, 15) is 13.6 Å². The Hall–Kier alpha value is -3.85. The number of amidine groups is 1. The first-order valence-electron chi connectivity index (χ1n) is 15.5. The molecule has 0 saturated heterocycles. The van der Waals surface area contributed by atoms with E-state index in [1.807, 2.05) is 27.7 Å². The van der Waals surface area contributed by atoms with Crippen LogP contribution in [0.3, 0.4) is 0 Å². The van der Waals surface area contributed by atoms with Crippen molar-refractivity contribution < 1.29 is 18.3 Å². The minimum Gasteiger partial charge on any atom is -0.495 e. The van der Waals surface area contributed by atoms with Gasteiger partial charge in [-0.25, -0.2) is 13.8 Å². The van der Waals surface area contributed by atoms with E-state index in [-0.39, 0.29) is 28.0 Å². The Labute approximate surface area is 271 Å². The second kappa shape index (κ2) is 21.0. The SMILES string of the molecule is C=C(C(=O)NC1=NNC(C#CC2CC2)S1)C(=N/C(=C\C)c1ccn(C)n1)C1=CC(C(F)F)NC=C1OC.CC.CC.CCCC. The van der Waals surface area contributed by atoms with Gasteiger partial charge in [-0.2, -0.15) is 10.2 Å². The van der Waals surface area contributed by atoms with Gasteiger partial charge in [-0.1, -0.05) is 78.9 Å². The van der Waals surface area contributed by atoms with Crippen LogP contribution >= 0.6 is 11.8 Å². The first-order chi connectivity index (χ1) is 21.7. The van der Waals surface area contributed by atoms with Crippen LogP contribution in [0.25, 0.3) is 5.70 Å². The van der Waals surface area contributed by atoms with Crippen molar-refractivity contribution in [3.05, 3.63) is 59.8 Å². The zero-order valence-corrected chi connectivity index (χ0v) is 28.8. The first-order valence-corrected chi connectivity index (χ1v) is 16.4. The number of rotatable bonds is 8. The van der Waals surface area contributed by atoms with Crippen molar-refractivity contribution >= 4 is 34.2 Å². The second-order valence-corrected chi connectivity index (χ2v) is 10.5. The summed E-state index contributed by atoms with van der Waals surface area (Å²) in [5, 5.41) is 13.8. The molecule has 3 aliphatic rings. The summed E-state index contributed by atoms with van der Waals surface area (Å²) < 4.78 is 34.2. The Morgan fingerprint density at radius 2 is 1.93 bits per heavy atom. The molecule has 1 amide bonds. The summed E-state index contributed by atoms with van der Waals surface area (Å²) in [6.07, 6.45) is 8.22. The number of halogens is 2. The maximum atomic E-state index is 13.6. The Kier molecular flexibility index (Phi) is 18.3. The van der Waals surface area contributed by atoms with E-state index >= 15 is 0 Å². The molecule has 0 spiro atoms. The number of amides is 1. The number of nitrogens with zero attached hydrogens (tertiary/aromatic N) is 4. The van der Waals surface area contributed by atoms with Crippen LogP contribution in [0.2, 0.25) is 0 Å². The number of methoxy groups -OCH3 is 1. The molecule has 1 aliphatic carbocycles. The summed E-state index contributed by atoms with van der Waals surface area (Å²) in [5.41, 5.74) is 4.05. The van der Waals surface area contributed by atoms with Gasteiger partial charge in [0.1, 0.15) is 17.5 Å². The highest BCUT2D eigenvalue weighted by Crippen LogP contribution is 2.28. The van der Waals surface area contributed by atoms with Crippen molar-refractivity contribution in [3.63, 3.8) is 0 Å². The number of aromatic nitrogens is 2. The molecule has 248 valence electrons. The molecule has 1 saturated carbocycles. The molecule has 2 unspecified atom stereocenters. The van der Waals surface area contributed by atoms with E-state index in [1.54, 1.807) is 37.0 Å². The molecule has 1 fully saturated rings. The standard InChI is InChI=1S/C25H27F2N7O2S.C4H10.2C2H6/c1-5-17(18-10-11-34(3)33-18)29-22(16-12-19(23(26)27)28-13-20(16)36-4)14(2)24(35)30-25-32-31-21(37-25)9-8-15-6-7-15;1-3-4-2;2*1-2/h5,10-13,15,19,21,23,28,31H,2,6-7H2,1,3-4H3,(H,30,32,35);3-4H2,1-2H3;2*1-2H3/b17-5-,29-22?;;;. The molecule has 45 heavy (non-hydrogen) atoms. The highest BCUT2D eigenvalue weighted by atomic mass is 32.2. The summed E-state index contributed by atoms with van der Waals surface area (Å²) in [5.74, 6) is 6.33. The van der Waals surface area contributed by atoms with Gasteiger partial charge in [0.2, 0.25) is 0 Å². The molecule has 9 nitrogen and oxygen atoms in total. The largest absolute Gasteiger partial charge is 0.495 e. The average Bonchev–Trinajstić information content (AvgIpc) is 3.64. The molecule has 0 bridgehead atoms. The molecule has 2 atom stereocenters. The van der Waals surface area contributed by atoms with Gasteiger partial charge in [-0.05, 0) is 43.7 Å². The number of aliphatic imine (C=N–C) groups is 1. The van der Waals surface area contributed by atoms with Gasteiger partial charge >= 0.3 is 0 Å². The van der Waals surface area contributed by atoms with E-state index in [1.165, 1.54) is 44.0 Å². The molecule has 2 aliphatic heterocycles. The van der Waals surface area contributed by atoms with Crippen molar-refractivity contribution in [2.45, 2.75) is 92.0 Å². The summed E-state index contributed by atoms with van der Waals surface area (Å²) in [6, 6.07) is 0.451. The zero-order valence-electron chi connectivity index (χ0n) is 28.0. The van der Waals surface area contributed by atoms with E-state index < -0.39 is 18.4 Å². The molecule has 3 N–H and O–H groups in total. The molecule has 4 rings (SSSR count). The smallest absolute Gasteiger partial charge is 0.261 e. The van der Waals surface area contributed by atoms with Gasteiger partial charge in [-0.15, -0.1) is 0 Å². The molecule has 1 aromatic rings. The zero-order chi connectivity index (χ0) is 33.9. The van der Waals surface area contributed by atoms with Crippen LogP contribution in [-0.4, -0.2) is 51.5 Å². The van der Waals surface area contributed by atoms with E-state index in [4.69, 9.17) is 4.74 Å². The third kappa shape index (κ3) is 12.6. The van der Waals surface area contributed by atoms with Crippen LogP contribution < -0.4 is 16.1 Å². The van der Waals surface area contributed by atoms with Crippen LogP contribution in [0.5, 0.6) is 0 Å². The number of unbranched alkanes of at least 4 members (excludes halogenated alkanes) is 1. The monoisotopic (exact) mass is 645 g/mol. The van der Waals surface area contributed by atoms with E-state index in [0.29, 0.717) is 22.5 Å². The molecular formula is C33H49F2N7O2S. The summed E-state index contributed by atoms with van der Waals surface area (Å²) >= 11 is 1.27. The number of carbonyl (C=O) groups excluding carboxylic acids is 1. The maximum absolute atomic E-state index is 13.6. The quantitative estimate of drug-likeness (QED) is 0.164. The maximum Gasteiger partial charge on any atom is 0.261 e. The lowest BCUT2D eigenvalue weighted by Gasteiger charge is -2.24. The van der Waals surface area contributed by atoms with Crippen molar-refractivity contribution in [2.75, 3.05) is 7.11 Å². The van der Waals surface area contributed by atoms with E-state index in [2.05, 4.69) is 63.5 Å². The predicted molar refractivity (Wildman–Crippen MR) is 183 cm³/mol. The normalized spacial score (nSPS) is 18.7. The number of alkyl halides is 2. The van der Waals surface area contributed by atoms with E-state index in [0.717, 1.165) is 12.8 Å². The minimum absolute atomic E-state index is 0.0600. The van der Waals surface area contributed by atoms with Crippen LogP contribution in [0.15, 0.2) is 64.2 Å². The van der Waals surface area contributed by atoms with Gasteiger partial charge in [0.15, 0.2) is 10.5 Å². The number of ether oxygens (including phenoxy) is 1. The molecule has 12 heteroatoms. The number of aryl methyl sites for hydroxylation is 1. The molecule has 0 aromatic carbocycles. The highest BCUT2D eigenvalue weighted by molar-refractivity contribution is 8.14. The number of carbonyl (C=O) groups is 1. The van der Waals surface area contributed by atoms with Gasteiger partial charge in [0, 0.05) is 30.9 Å². The second-order valence-electron chi connectivity index (χ2n) is 9.37. The number of allylic oxidation sites excluding steroid dienone is 2. The number of hydrogen-bond acceptors (Lipinski definition) is 8. The van der Waals surface area contributed by atoms with Crippen molar-refractivity contribution in [1.29, 1.82) is 0 Å². The Morgan fingerprint density at radius 3 is 2.44 bits per heavy atom. The van der Waals surface area contributed by atoms with Gasteiger partial charge in [-0.3, -0.25) is 20.2 Å². The minimum atomic E-state index is -2.70. The Morgan fingerprint density at radius 1 is 1.27 bits per heavy atom. The van der Waals surface area contributed by atoms with Crippen molar-refractivity contribution in [2.24, 2.45) is 23.1 Å². The fraction of sp³-hybridized carbons (Fsp3) is 0.515. The number of hydrazone groups is 1. The fourth-order valence-corrected chi connectivity index (χ4v) is 4.12. The van der Waals surface area contributed by atoms with Crippen LogP contribution in [0.4, 0.5) is 8.78 Å². The first kappa shape index (κ1) is 39.2. The molecule has 0 radical (unpaired) electrons. The number of nitrogens with one attached hydrogen (secondary N) is 3. The lowest BCUT2D eigenvalue weighted by atomic mass is 9.97. The number of thioether (sulfide) groups is 1. The lowest BCUT2D eigenvalue weighted by molar-refractivity contribution is -0.115. The molecule has 3 heterocycles. The summed E-state index contributed by atoms with van der Waals surface area (Å²) in [7, 11) is 3.16. The van der Waals surface area contributed by atoms with Gasteiger partial charge < -0.3 is 10.1 Å². The predicted octanol–water partition coefficient (Wildman–Crippen LogP) is 6.75. The van der Waals surface area contributed by atoms with Crippen molar-refractivity contribution in [3.8, 4) is 11.8 Å².